The van der Waals surface area contributed by atoms with Crippen LogP contribution in [0.25, 0.3) is 10.2 Å². The van der Waals surface area contributed by atoms with E-state index in [1.165, 1.54) is 12.8 Å². The Kier molecular flexibility index (Phi) is 2.71. The van der Waals surface area contributed by atoms with E-state index in [4.69, 9.17) is 0 Å². The normalized spacial score (nSPS) is 21.1. The quantitative estimate of drug-likeness (QED) is 0.832. The molecule has 4 nitrogen and oxygen atoms in total. The van der Waals surface area contributed by atoms with Crippen molar-refractivity contribution in [2.24, 2.45) is 0 Å². The van der Waals surface area contributed by atoms with Crippen LogP contribution in [0.3, 0.4) is 0 Å². The van der Waals surface area contributed by atoms with Crippen molar-refractivity contribution in [3.05, 3.63) is 17.8 Å². The lowest BCUT2D eigenvalue weighted by Gasteiger charge is -2.24. The zero-order chi connectivity index (χ0) is 10.8. The number of aromatic nitrogens is 2. The minimum absolute atomic E-state index is 0.492. The SMILES string of the molecule is c1nc(NC2CCCNC2)c2ccsc2n1. The van der Waals surface area contributed by atoms with Crippen molar-refractivity contribution in [1.82, 2.24) is 15.3 Å². The van der Waals surface area contributed by atoms with Gasteiger partial charge >= 0.3 is 0 Å². The average molecular weight is 234 g/mol. The summed E-state index contributed by atoms with van der Waals surface area (Å²) in [6.45, 7) is 2.16. The first-order valence-corrected chi connectivity index (χ1v) is 6.47. The Hall–Kier alpha value is -1.20. The van der Waals surface area contributed by atoms with Crippen molar-refractivity contribution >= 4 is 27.4 Å². The van der Waals surface area contributed by atoms with Crippen molar-refractivity contribution < 1.29 is 0 Å². The van der Waals surface area contributed by atoms with Crippen LogP contribution in [0, 0.1) is 0 Å². The lowest BCUT2D eigenvalue weighted by Crippen LogP contribution is -2.38. The Bertz CT molecular complexity index is 476. The van der Waals surface area contributed by atoms with Gasteiger partial charge in [0.25, 0.3) is 0 Å². The molecule has 1 aliphatic heterocycles. The minimum Gasteiger partial charge on any atom is -0.365 e. The standard InChI is InChI=1S/C11H14N4S/c1-2-8(6-12-4-1)15-10-9-3-5-16-11(9)14-7-13-10/h3,5,7-8,12H,1-2,4,6H2,(H,13,14,15). The summed E-state index contributed by atoms with van der Waals surface area (Å²) in [6.07, 6.45) is 4.08. The molecular weight excluding hydrogens is 220 g/mol. The van der Waals surface area contributed by atoms with E-state index in [0.717, 1.165) is 29.1 Å². The predicted molar refractivity (Wildman–Crippen MR) is 66.9 cm³/mol. The van der Waals surface area contributed by atoms with Gasteiger partial charge in [0.15, 0.2) is 0 Å². The molecule has 1 aliphatic rings. The number of thiophene rings is 1. The molecule has 0 radical (unpaired) electrons. The number of anilines is 1. The molecule has 0 saturated carbocycles. The third-order valence-electron chi connectivity index (χ3n) is 2.90. The summed E-state index contributed by atoms with van der Waals surface area (Å²) in [6, 6.07) is 2.57. The number of piperidine rings is 1. The first-order valence-electron chi connectivity index (χ1n) is 5.59. The first kappa shape index (κ1) is 9.99. The largest absolute Gasteiger partial charge is 0.365 e. The van der Waals surface area contributed by atoms with Gasteiger partial charge < -0.3 is 10.6 Å². The van der Waals surface area contributed by atoms with E-state index in [1.807, 2.05) is 0 Å². The van der Waals surface area contributed by atoms with E-state index in [9.17, 15) is 0 Å². The van der Waals surface area contributed by atoms with E-state index < -0.39 is 0 Å². The lowest BCUT2D eigenvalue weighted by molar-refractivity contribution is 0.479. The van der Waals surface area contributed by atoms with Crippen LogP contribution in [0.4, 0.5) is 5.82 Å². The monoisotopic (exact) mass is 234 g/mol. The Morgan fingerprint density at radius 2 is 2.44 bits per heavy atom. The van der Waals surface area contributed by atoms with Gasteiger partial charge in [0.05, 0.1) is 5.39 Å². The summed E-state index contributed by atoms with van der Waals surface area (Å²) in [5.74, 6) is 0.972. The highest BCUT2D eigenvalue weighted by molar-refractivity contribution is 7.16. The molecule has 2 aromatic rings. The summed E-state index contributed by atoms with van der Waals surface area (Å²) >= 11 is 1.66. The molecule has 0 spiro atoms. The van der Waals surface area contributed by atoms with Gasteiger partial charge in [-0.3, -0.25) is 0 Å². The maximum Gasteiger partial charge on any atom is 0.138 e. The van der Waals surface area contributed by atoms with Crippen LogP contribution >= 0.6 is 11.3 Å². The van der Waals surface area contributed by atoms with Gasteiger partial charge in [0.1, 0.15) is 17.0 Å². The van der Waals surface area contributed by atoms with Gasteiger partial charge in [0.2, 0.25) is 0 Å². The number of nitrogens with zero attached hydrogens (tertiary/aromatic N) is 2. The van der Waals surface area contributed by atoms with E-state index in [2.05, 4.69) is 32.0 Å². The maximum absolute atomic E-state index is 4.33. The molecule has 84 valence electrons. The van der Waals surface area contributed by atoms with Gasteiger partial charge in [-0.25, -0.2) is 9.97 Å². The third-order valence-corrected chi connectivity index (χ3v) is 3.72. The highest BCUT2D eigenvalue weighted by Crippen LogP contribution is 2.24. The lowest BCUT2D eigenvalue weighted by atomic mass is 10.1. The maximum atomic E-state index is 4.33. The van der Waals surface area contributed by atoms with Crippen LogP contribution in [0.2, 0.25) is 0 Å². The Balaban J connectivity index is 1.85. The molecule has 2 aromatic heterocycles. The molecule has 5 heteroatoms. The van der Waals surface area contributed by atoms with Crippen molar-refractivity contribution in [3.63, 3.8) is 0 Å². The molecule has 0 bridgehead atoms. The summed E-state index contributed by atoms with van der Waals surface area (Å²) in [5.41, 5.74) is 0. The summed E-state index contributed by atoms with van der Waals surface area (Å²) in [5, 5.41) is 10.1. The Labute approximate surface area is 98.1 Å². The molecule has 3 rings (SSSR count). The molecule has 0 amide bonds. The van der Waals surface area contributed by atoms with Crippen LogP contribution in [0.15, 0.2) is 17.8 Å². The zero-order valence-corrected chi connectivity index (χ0v) is 9.76. The van der Waals surface area contributed by atoms with Crippen LogP contribution in [0.5, 0.6) is 0 Å². The molecule has 1 atom stereocenters. The minimum atomic E-state index is 0.492. The van der Waals surface area contributed by atoms with E-state index in [1.54, 1.807) is 17.7 Å². The highest BCUT2D eigenvalue weighted by Gasteiger charge is 2.14. The van der Waals surface area contributed by atoms with E-state index >= 15 is 0 Å². The van der Waals surface area contributed by atoms with Crippen molar-refractivity contribution in [2.75, 3.05) is 18.4 Å². The Morgan fingerprint density at radius 1 is 1.44 bits per heavy atom. The zero-order valence-electron chi connectivity index (χ0n) is 8.94. The van der Waals surface area contributed by atoms with Gasteiger partial charge in [0, 0.05) is 12.6 Å². The molecular formula is C11H14N4S. The number of fused-ring (bicyclic) bond motifs is 1. The average Bonchev–Trinajstić information content (AvgIpc) is 2.80. The second kappa shape index (κ2) is 4.35. The molecule has 0 aromatic carbocycles. The molecule has 1 saturated heterocycles. The van der Waals surface area contributed by atoms with Crippen molar-refractivity contribution in [3.8, 4) is 0 Å². The summed E-state index contributed by atoms with van der Waals surface area (Å²) in [7, 11) is 0. The third kappa shape index (κ3) is 1.88. The fourth-order valence-electron chi connectivity index (χ4n) is 2.07. The van der Waals surface area contributed by atoms with Gasteiger partial charge in [-0.1, -0.05) is 0 Å². The smallest absolute Gasteiger partial charge is 0.138 e. The number of hydrogen-bond acceptors (Lipinski definition) is 5. The molecule has 2 N–H and O–H groups in total. The van der Waals surface area contributed by atoms with Crippen molar-refractivity contribution in [2.45, 2.75) is 18.9 Å². The Morgan fingerprint density at radius 3 is 3.31 bits per heavy atom. The van der Waals surface area contributed by atoms with Crippen LogP contribution in [0.1, 0.15) is 12.8 Å². The fourth-order valence-corrected chi connectivity index (χ4v) is 2.81. The summed E-state index contributed by atoms with van der Waals surface area (Å²) < 4.78 is 0. The van der Waals surface area contributed by atoms with E-state index in [0.29, 0.717) is 6.04 Å². The van der Waals surface area contributed by atoms with Gasteiger partial charge in [-0.05, 0) is 30.8 Å². The topological polar surface area (TPSA) is 49.8 Å². The van der Waals surface area contributed by atoms with Crippen LogP contribution in [-0.4, -0.2) is 29.1 Å². The first-order chi connectivity index (χ1) is 7.93. The molecule has 1 fully saturated rings. The predicted octanol–water partition coefficient (Wildman–Crippen LogP) is 1.86. The molecule has 0 aliphatic carbocycles. The number of rotatable bonds is 2. The summed E-state index contributed by atoms with van der Waals surface area (Å²) in [4.78, 5) is 9.63. The van der Waals surface area contributed by atoms with E-state index in [-0.39, 0.29) is 0 Å². The van der Waals surface area contributed by atoms with Crippen LogP contribution < -0.4 is 10.6 Å². The van der Waals surface area contributed by atoms with Gasteiger partial charge in [-0.2, -0.15) is 0 Å². The fraction of sp³-hybridized carbons (Fsp3) is 0.455. The highest BCUT2D eigenvalue weighted by atomic mass is 32.1. The molecule has 16 heavy (non-hydrogen) atoms. The molecule has 1 unspecified atom stereocenters. The van der Waals surface area contributed by atoms with Crippen molar-refractivity contribution in [1.29, 1.82) is 0 Å². The van der Waals surface area contributed by atoms with Crippen LogP contribution in [-0.2, 0) is 0 Å². The van der Waals surface area contributed by atoms with Gasteiger partial charge in [-0.15, -0.1) is 11.3 Å². The number of nitrogens with one attached hydrogen (secondary N) is 2. The number of hydrogen-bond donors (Lipinski definition) is 2. The molecule has 3 heterocycles. The second-order valence-electron chi connectivity index (χ2n) is 4.05. The second-order valence-corrected chi connectivity index (χ2v) is 4.94.